The Morgan fingerprint density at radius 1 is 1.00 bits per heavy atom. The van der Waals surface area contributed by atoms with Gasteiger partial charge in [-0.05, 0) is 55.8 Å². The minimum atomic E-state index is -0.855. The van der Waals surface area contributed by atoms with Gasteiger partial charge >= 0.3 is 0 Å². The van der Waals surface area contributed by atoms with Gasteiger partial charge in [-0.2, -0.15) is 0 Å². The van der Waals surface area contributed by atoms with E-state index >= 15 is 0 Å². The van der Waals surface area contributed by atoms with Crippen LogP contribution in [0.3, 0.4) is 0 Å². The molecule has 19 heavy (non-hydrogen) atoms. The highest BCUT2D eigenvalue weighted by atomic mass is 19.1. The molecule has 0 spiro atoms. The first kappa shape index (κ1) is 13.5. The fraction of sp³-hybridized carbons (Fsp3) is 0.200. The summed E-state index contributed by atoms with van der Waals surface area (Å²) in [6, 6.07) is 8.05. The molecule has 0 heterocycles. The largest absolute Gasteiger partial charge is 0.457 e. The summed E-state index contributed by atoms with van der Waals surface area (Å²) in [5.41, 5.74) is 0.976. The second kappa shape index (κ2) is 5.36. The van der Waals surface area contributed by atoms with Crippen molar-refractivity contribution in [2.24, 2.45) is 0 Å². The van der Waals surface area contributed by atoms with Crippen LogP contribution in [0.1, 0.15) is 24.2 Å². The number of ether oxygens (including phenoxy) is 1. The maximum atomic E-state index is 13.2. The summed E-state index contributed by atoms with van der Waals surface area (Å²) in [5, 5.41) is 9.61. The lowest BCUT2D eigenvalue weighted by Crippen LogP contribution is -1.98. The molecule has 0 aliphatic rings. The van der Waals surface area contributed by atoms with E-state index in [1.807, 2.05) is 0 Å². The highest BCUT2D eigenvalue weighted by Gasteiger charge is 2.12. The Bertz CT molecular complexity index is 595. The van der Waals surface area contributed by atoms with Crippen LogP contribution in [0.15, 0.2) is 36.4 Å². The molecule has 0 aliphatic carbocycles. The van der Waals surface area contributed by atoms with E-state index in [0.29, 0.717) is 22.6 Å². The SMILES string of the molecule is Cc1cc(F)ccc1Oc1ccc(F)cc1[C@@H](C)O. The third-order valence-corrected chi connectivity index (χ3v) is 2.78. The van der Waals surface area contributed by atoms with Crippen LogP contribution in [0, 0.1) is 18.6 Å². The van der Waals surface area contributed by atoms with Gasteiger partial charge in [0.25, 0.3) is 0 Å². The fourth-order valence-electron chi connectivity index (χ4n) is 1.78. The van der Waals surface area contributed by atoms with Gasteiger partial charge in [0.05, 0.1) is 6.10 Å². The topological polar surface area (TPSA) is 29.5 Å². The van der Waals surface area contributed by atoms with Crippen molar-refractivity contribution in [3.05, 3.63) is 59.2 Å². The van der Waals surface area contributed by atoms with Gasteiger partial charge in [0.2, 0.25) is 0 Å². The Morgan fingerprint density at radius 3 is 2.16 bits per heavy atom. The molecule has 0 saturated heterocycles. The summed E-state index contributed by atoms with van der Waals surface area (Å²) >= 11 is 0. The zero-order valence-corrected chi connectivity index (χ0v) is 10.7. The number of rotatable bonds is 3. The van der Waals surface area contributed by atoms with Gasteiger partial charge in [-0.3, -0.25) is 0 Å². The van der Waals surface area contributed by atoms with Crippen molar-refractivity contribution < 1.29 is 18.6 Å². The maximum Gasteiger partial charge on any atom is 0.133 e. The van der Waals surface area contributed by atoms with Crippen molar-refractivity contribution in [1.29, 1.82) is 0 Å². The Kier molecular flexibility index (Phi) is 3.81. The quantitative estimate of drug-likeness (QED) is 0.903. The van der Waals surface area contributed by atoms with Crippen LogP contribution in [0.4, 0.5) is 8.78 Å². The molecule has 2 rings (SSSR count). The molecule has 100 valence electrons. The van der Waals surface area contributed by atoms with Crippen LogP contribution in [0.25, 0.3) is 0 Å². The van der Waals surface area contributed by atoms with E-state index in [1.54, 1.807) is 6.92 Å². The van der Waals surface area contributed by atoms with E-state index in [4.69, 9.17) is 4.74 Å². The van der Waals surface area contributed by atoms with Gasteiger partial charge in [-0.1, -0.05) is 0 Å². The standard InChI is InChI=1S/C15H14F2O2/c1-9-7-11(16)3-5-14(9)19-15-6-4-12(17)8-13(15)10(2)18/h3-8,10,18H,1-2H3/t10-/m1/s1. The van der Waals surface area contributed by atoms with Crippen LogP contribution >= 0.6 is 0 Å². The normalized spacial score (nSPS) is 12.3. The number of benzene rings is 2. The second-order valence-corrected chi connectivity index (χ2v) is 4.37. The summed E-state index contributed by atoms with van der Waals surface area (Å²) in [6.07, 6.45) is -0.855. The van der Waals surface area contributed by atoms with Crippen LogP contribution < -0.4 is 4.74 Å². The number of aliphatic hydroxyl groups is 1. The summed E-state index contributed by atoms with van der Waals surface area (Å²) in [7, 11) is 0. The smallest absolute Gasteiger partial charge is 0.133 e. The van der Waals surface area contributed by atoms with Crippen LogP contribution in [0.2, 0.25) is 0 Å². The van der Waals surface area contributed by atoms with Gasteiger partial charge in [0.1, 0.15) is 23.1 Å². The molecule has 0 aliphatic heterocycles. The van der Waals surface area contributed by atoms with Crippen molar-refractivity contribution >= 4 is 0 Å². The molecule has 2 nitrogen and oxygen atoms in total. The monoisotopic (exact) mass is 264 g/mol. The average Bonchev–Trinajstić information content (AvgIpc) is 2.34. The highest BCUT2D eigenvalue weighted by Crippen LogP contribution is 2.32. The third-order valence-electron chi connectivity index (χ3n) is 2.78. The van der Waals surface area contributed by atoms with Gasteiger partial charge in [0, 0.05) is 5.56 Å². The third kappa shape index (κ3) is 3.09. The Hall–Kier alpha value is -1.94. The predicted octanol–water partition coefficient (Wildman–Crippen LogP) is 4.12. The first-order valence-electron chi connectivity index (χ1n) is 5.89. The molecule has 2 aromatic rings. The second-order valence-electron chi connectivity index (χ2n) is 4.37. The van der Waals surface area contributed by atoms with Crippen LogP contribution in [0.5, 0.6) is 11.5 Å². The molecule has 2 aromatic carbocycles. The lowest BCUT2D eigenvalue weighted by molar-refractivity contribution is 0.195. The first-order valence-corrected chi connectivity index (χ1v) is 5.89. The number of hydrogen-bond donors (Lipinski definition) is 1. The Balaban J connectivity index is 2.38. The van der Waals surface area contributed by atoms with E-state index in [9.17, 15) is 13.9 Å². The van der Waals surface area contributed by atoms with Crippen molar-refractivity contribution in [1.82, 2.24) is 0 Å². The molecule has 0 aromatic heterocycles. The summed E-state index contributed by atoms with van der Waals surface area (Å²) < 4.78 is 31.8. The molecule has 0 bridgehead atoms. The van der Waals surface area contributed by atoms with Crippen LogP contribution in [-0.4, -0.2) is 5.11 Å². The van der Waals surface area contributed by atoms with Gasteiger partial charge < -0.3 is 9.84 Å². The van der Waals surface area contributed by atoms with Crippen LogP contribution in [-0.2, 0) is 0 Å². The van der Waals surface area contributed by atoms with E-state index in [0.717, 1.165) is 0 Å². The maximum absolute atomic E-state index is 13.2. The van der Waals surface area contributed by atoms with Gasteiger partial charge in [0.15, 0.2) is 0 Å². The lowest BCUT2D eigenvalue weighted by atomic mass is 10.1. The number of hydrogen-bond acceptors (Lipinski definition) is 2. The predicted molar refractivity (Wildman–Crippen MR) is 68.2 cm³/mol. The van der Waals surface area contributed by atoms with Crippen molar-refractivity contribution in [2.45, 2.75) is 20.0 Å². The lowest BCUT2D eigenvalue weighted by Gasteiger charge is -2.14. The molecule has 1 atom stereocenters. The van der Waals surface area contributed by atoms with E-state index in [2.05, 4.69) is 0 Å². The Labute approximate surface area is 110 Å². The summed E-state index contributed by atoms with van der Waals surface area (Å²) in [5.74, 6) is 0.0276. The summed E-state index contributed by atoms with van der Waals surface area (Å²) in [6.45, 7) is 3.24. The number of halogens is 2. The molecule has 0 amide bonds. The van der Waals surface area contributed by atoms with Crippen molar-refractivity contribution in [2.75, 3.05) is 0 Å². The van der Waals surface area contributed by atoms with Gasteiger partial charge in [-0.25, -0.2) is 8.78 Å². The highest BCUT2D eigenvalue weighted by molar-refractivity contribution is 5.42. The molecule has 0 fully saturated rings. The number of aryl methyl sites for hydroxylation is 1. The first-order chi connectivity index (χ1) is 8.97. The number of aliphatic hydroxyl groups excluding tert-OH is 1. The zero-order valence-electron chi connectivity index (χ0n) is 10.7. The van der Waals surface area contributed by atoms with E-state index in [1.165, 1.54) is 43.3 Å². The molecular formula is C15H14F2O2. The molecule has 0 radical (unpaired) electrons. The summed E-state index contributed by atoms with van der Waals surface area (Å²) in [4.78, 5) is 0. The zero-order chi connectivity index (χ0) is 14.0. The molecule has 1 N–H and O–H groups in total. The van der Waals surface area contributed by atoms with E-state index in [-0.39, 0.29) is 5.82 Å². The molecule has 0 unspecified atom stereocenters. The van der Waals surface area contributed by atoms with Crippen molar-refractivity contribution in [3.63, 3.8) is 0 Å². The molecule has 0 saturated carbocycles. The van der Waals surface area contributed by atoms with E-state index < -0.39 is 11.9 Å². The minimum Gasteiger partial charge on any atom is -0.457 e. The molecule has 4 heteroatoms. The van der Waals surface area contributed by atoms with Gasteiger partial charge in [-0.15, -0.1) is 0 Å². The fourth-order valence-corrected chi connectivity index (χ4v) is 1.78. The van der Waals surface area contributed by atoms with Crippen molar-refractivity contribution in [3.8, 4) is 11.5 Å². The average molecular weight is 264 g/mol. The minimum absolute atomic E-state index is 0.347. The Morgan fingerprint density at radius 2 is 1.58 bits per heavy atom. The molecular weight excluding hydrogens is 250 g/mol.